The fourth-order valence-electron chi connectivity index (χ4n) is 2.99. The monoisotopic (exact) mass is 402 g/mol. The number of carbonyl (C=O) groups excluding carboxylic acids is 2. The Kier molecular flexibility index (Phi) is 3.64. The largest absolute Gasteiger partial charge is 0.271 e. The van der Waals surface area contributed by atoms with E-state index in [2.05, 4.69) is 26.3 Å². The molecule has 25 heavy (non-hydrogen) atoms. The third kappa shape index (κ3) is 2.44. The van der Waals surface area contributed by atoms with E-state index in [4.69, 9.17) is 0 Å². The number of aryl methyl sites for hydroxylation is 1. The molecular weight excluding hydrogens is 391 g/mol. The van der Waals surface area contributed by atoms with Gasteiger partial charge in [-0.15, -0.1) is 0 Å². The molecule has 0 spiro atoms. The first-order valence-electron chi connectivity index (χ1n) is 7.57. The number of hydrogen-bond donors (Lipinski definition) is 0. The number of halogens is 2. The molecule has 2 aliphatic heterocycles. The molecule has 2 aromatic rings. The summed E-state index contributed by atoms with van der Waals surface area (Å²) in [5, 5.41) is 9.47. The van der Waals surface area contributed by atoms with Crippen molar-refractivity contribution in [3.05, 3.63) is 58.3 Å². The van der Waals surface area contributed by atoms with Crippen LogP contribution in [0, 0.1) is 12.7 Å². The van der Waals surface area contributed by atoms with Crippen LogP contribution in [0.3, 0.4) is 0 Å². The standard InChI is InChI=1S/C17H12BrFN4O2/c1-9-8-12(6-7-13(9)18)23-15-14(20-21-23)16(24)22(17(15)25)11-4-2-10(19)3-5-11/h2-8,14-15H,1H3/t14-,15+/m0/s1. The molecule has 0 aromatic heterocycles. The van der Waals surface area contributed by atoms with Crippen molar-refractivity contribution in [2.45, 2.75) is 19.0 Å². The van der Waals surface area contributed by atoms with Gasteiger partial charge in [0.1, 0.15) is 5.82 Å². The Hall–Kier alpha value is -2.61. The SMILES string of the molecule is Cc1cc(N2N=N[C@@H]3C(=O)N(c4ccc(F)cc4)C(=O)[C@@H]32)ccc1Br. The van der Waals surface area contributed by atoms with Crippen LogP contribution in [-0.4, -0.2) is 23.9 Å². The Labute approximate surface area is 151 Å². The number of benzene rings is 2. The second kappa shape index (κ2) is 5.73. The van der Waals surface area contributed by atoms with E-state index in [1.807, 2.05) is 19.1 Å². The van der Waals surface area contributed by atoms with Gasteiger partial charge in [0.25, 0.3) is 11.8 Å². The lowest BCUT2D eigenvalue weighted by Crippen LogP contribution is -2.39. The number of amides is 2. The van der Waals surface area contributed by atoms with E-state index in [1.165, 1.54) is 29.3 Å². The minimum atomic E-state index is -0.887. The van der Waals surface area contributed by atoms with Crippen molar-refractivity contribution >= 4 is 39.1 Å². The molecule has 0 bridgehead atoms. The molecule has 0 saturated carbocycles. The van der Waals surface area contributed by atoms with Gasteiger partial charge in [-0.3, -0.25) is 9.59 Å². The molecular formula is C17H12BrFN4O2. The smallest absolute Gasteiger partial charge is 0.263 e. The third-order valence-corrected chi connectivity index (χ3v) is 5.16. The average Bonchev–Trinajstić information content (AvgIpc) is 3.13. The van der Waals surface area contributed by atoms with Crippen LogP contribution in [0.1, 0.15) is 5.56 Å². The molecule has 2 heterocycles. The first kappa shape index (κ1) is 15.9. The van der Waals surface area contributed by atoms with Gasteiger partial charge in [0, 0.05) is 4.47 Å². The summed E-state index contributed by atoms with van der Waals surface area (Å²) in [5.74, 6) is -1.32. The van der Waals surface area contributed by atoms with Gasteiger partial charge in [0.15, 0.2) is 12.1 Å². The Bertz CT molecular complexity index is 915. The number of hydrogen-bond acceptors (Lipinski definition) is 5. The normalized spacial score (nSPS) is 22.0. The molecule has 0 unspecified atom stereocenters. The van der Waals surface area contributed by atoms with Gasteiger partial charge in [0.2, 0.25) is 0 Å². The van der Waals surface area contributed by atoms with E-state index in [-0.39, 0.29) is 0 Å². The summed E-state index contributed by atoms with van der Waals surface area (Å²) < 4.78 is 14.1. The van der Waals surface area contributed by atoms with Crippen molar-refractivity contribution in [1.29, 1.82) is 0 Å². The van der Waals surface area contributed by atoms with Crippen molar-refractivity contribution in [3.63, 3.8) is 0 Å². The summed E-state index contributed by atoms with van der Waals surface area (Å²) >= 11 is 3.43. The summed E-state index contributed by atoms with van der Waals surface area (Å²) in [6, 6.07) is 9.03. The summed E-state index contributed by atoms with van der Waals surface area (Å²) in [6.07, 6.45) is 0. The zero-order valence-corrected chi connectivity index (χ0v) is 14.6. The predicted molar refractivity (Wildman–Crippen MR) is 92.7 cm³/mol. The number of rotatable bonds is 2. The van der Waals surface area contributed by atoms with Crippen LogP contribution in [0.25, 0.3) is 0 Å². The minimum absolute atomic E-state index is 0.327. The van der Waals surface area contributed by atoms with Crippen molar-refractivity contribution in [2.24, 2.45) is 10.3 Å². The maximum atomic E-state index is 13.1. The molecule has 0 aliphatic carbocycles. The van der Waals surface area contributed by atoms with Crippen LogP contribution in [-0.2, 0) is 9.59 Å². The Morgan fingerprint density at radius 1 is 1.04 bits per heavy atom. The quantitative estimate of drug-likeness (QED) is 0.723. The number of anilines is 2. The summed E-state index contributed by atoms with van der Waals surface area (Å²) in [4.78, 5) is 26.5. The van der Waals surface area contributed by atoms with Gasteiger partial charge in [-0.05, 0) is 55.0 Å². The Morgan fingerprint density at radius 2 is 1.72 bits per heavy atom. The highest BCUT2D eigenvalue weighted by Crippen LogP contribution is 2.35. The third-order valence-electron chi connectivity index (χ3n) is 4.27. The maximum Gasteiger partial charge on any atom is 0.263 e. The van der Waals surface area contributed by atoms with E-state index in [1.54, 1.807) is 6.07 Å². The lowest BCUT2D eigenvalue weighted by atomic mass is 10.1. The summed E-state index contributed by atoms with van der Waals surface area (Å²) in [5.41, 5.74) is 1.98. The number of carbonyl (C=O) groups is 2. The predicted octanol–water partition coefficient (Wildman–Crippen LogP) is 3.39. The van der Waals surface area contributed by atoms with Gasteiger partial charge in [0.05, 0.1) is 11.4 Å². The van der Waals surface area contributed by atoms with Gasteiger partial charge in [-0.25, -0.2) is 14.3 Å². The highest BCUT2D eigenvalue weighted by molar-refractivity contribution is 9.10. The molecule has 1 fully saturated rings. The molecule has 4 rings (SSSR count). The molecule has 2 amide bonds. The number of fused-ring (bicyclic) bond motifs is 1. The van der Waals surface area contributed by atoms with E-state index >= 15 is 0 Å². The van der Waals surface area contributed by atoms with Gasteiger partial charge in [-0.1, -0.05) is 21.2 Å². The Morgan fingerprint density at radius 3 is 2.40 bits per heavy atom. The lowest BCUT2D eigenvalue weighted by molar-refractivity contribution is -0.121. The van der Waals surface area contributed by atoms with E-state index in [9.17, 15) is 14.0 Å². The average molecular weight is 403 g/mol. The van der Waals surface area contributed by atoms with Crippen molar-refractivity contribution < 1.29 is 14.0 Å². The van der Waals surface area contributed by atoms with Crippen LogP contribution >= 0.6 is 15.9 Å². The molecule has 126 valence electrons. The van der Waals surface area contributed by atoms with E-state index in [0.29, 0.717) is 11.4 Å². The fraction of sp³-hybridized carbons (Fsp3) is 0.176. The molecule has 1 saturated heterocycles. The van der Waals surface area contributed by atoms with Gasteiger partial charge in [-0.2, -0.15) is 5.11 Å². The molecule has 6 nitrogen and oxygen atoms in total. The second-order valence-electron chi connectivity index (χ2n) is 5.86. The van der Waals surface area contributed by atoms with Crippen molar-refractivity contribution in [3.8, 4) is 0 Å². The lowest BCUT2D eigenvalue weighted by Gasteiger charge is -2.21. The fourth-order valence-corrected chi connectivity index (χ4v) is 3.24. The highest BCUT2D eigenvalue weighted by Gasteiger charge is 2.55. The summed E-state index contributed by atoms with van der Waals surface area (Å²) in [7, 11) is 0. The van der Waals surface area contributed by atoms with Crippen LogP contribution in [0.15, 0.2) is 57.3 Å². The molecule has 0 radical (unpaired) electrons. The van der Waals surface area contributed by atoms with Gasteiger partial charge < -0.3 is 0 Å². The topological polar surface area (TPSA) is 65.3 Å². The Balaban J connectivity index is 1.70. The zero-order chi connectivity index (χ0) is 17.7. The minimum Gasteiger partial charge on any atom is -0.271 e. The first-order valence-corrected chi connectivity index (χ1v) is 8.36. The summed E-state index contributed by atoms with van der Waals surface area (Å²) in [6.45, 7) is 1.92. The van der Waals surface area contributed by atoms with E-state index in [0.717, 1.165) is 14.9 Å². The van der Waals surface area contributed by atoms with Crippen LogP contribution < -0.4 is 9.91 Å². The molecule has 2 atom stereocenters. The maximum absolute atomic E-state index is 13.1. The van der Waals surface area contributed by atoms with E-state index < -0.39 is 29.7 Å². The highest BCUT2D eigenvalue weighted by atomic mass is 79.9. The molecule has 2 aromatic carbocycles. The zero-order valence-electron chi connectivity index (χ0n) is 13.1. The van der Waals surface area contributed by atoms with Crippen LogP contribution in [0.5, 0.6) is 0 Å². The van der Waals surface area contributed by atoms with Crippen LogP contribution in [0.2, 0.25) is 0 Å². The molecule has 0 N–H and O–H groups in total. The number of nitrogens with zero attached hydrogens (tertiary/aromatic N) is 4. The van der Waals surface area contributed by atoms with Crippen molar-refractivity contribution in [1.82, 2.24) is 0 Å². The van der Waals surface area contributed by atoms with Crippen LogP contribution in [0.4, 0.5) is 15.8 Å². The first-order chi connectivity index (χ1) is 12.0. The molecule has 8 heteroatoms. The second-order valence-corrected chi connectivity index (χ2v) is 6.72. The molecule has 2 aliphatic rings. The number of imide groups is 1. The van der Waals surface area contributed by atoms with Gasteiger partial charge >= 0.3 is 0 Å². The van der Waals surface area contributed by atoms with Crippen molar-refractivity contribution in [2.75, 3.05) is 9.91 Å².